The second-order valence-corrected chi connectivity index (χ2v) is 8.86. The number of amides is 1. The van der Waals surface area contributed by atoms with Gasteiger partial charge in [0.25, 0.3) is 5.91 Å². The molecule has 2 aliphatic rings. The average molecular weight is 385 g/mol. The molecule has 0 spiro atoms. The Morgan fingerprint density at radius 3 is 2.59 bits per heavy atom. The third-order valence-corrected chi connectivity index (χ3v) is 6.86. The number of rotatable bonds is 5. The van der Waals surface area contributed by atoms with Crippen LogP contribution in [0, 0.1) is 6.92 Å². The Morgan fingerprint density at radius 2 is 1.89 bits per heavy atom. The van der Waals surface area contributed by atoms with Crippen molar-refractivity contribution in [3.05, 3.63) is 47.8 Å². The molecule has 0 unspecified atom stereocenters. The van der Waals surface area contributed by atoms with E-state index in [1.807, 2.05) is 59.8 Å². The summed E-state index contributed by atoms with van der Waals surface area (Å²) in [6, 6.07) is 11.8. The minimum atomic E-state index is -0.0644. The van der Waals surface area contributed by atoms with Gasteiger partial charge in [-0.1, -0.05) is 31.0 Å². The first-order chi connectivity index (χ1) is 13.2. The fourth-order valence-electron chi connectivity index (χ4n) is 4.43. The molecule has 2 aromatic rings. The molecule has 6 heteroatoms. The summed E-state index contributed by atoms with van der Waals surface area (Å²) in [6.45, 7) is 5.00. The Labute approximate surface area is 165 Å². The number of thioether (sulfide) groups is 1. The van der Waals surface area contributed by atoms with Crippen LogP contribution in [0.1, 0.15) is 41.9 Å². The molecule has 1 amide bonds. The number of hydrogen-bond donors (Lipinski definition) is 1. The van der Waals surface area contributed by atoms with E-state index in [0.717, 1.165) is 31.0 Å². The Bertz CT molecular complexity index is 777. The summed E-state index contributed by atoms with van der Waals surface area (Å²) >= 11 is 2.04. The van der Waals surface area contributed by atoms with Crippen molar-refractivity contribution in [3.8, 4) is 5.69 Å². The predicted molar refractivity (Wildman–Crippen MR) is 111 cm³/mol. The summed E-state index contributed by atoms with van der Waals surface area (Å²) in [5.41, 5.74) is 2.59. The summed E-state index contributed by atoms with van der Waals surface area (Å²) < 4.78 is 1.84. The molecule has 144 valence electrons. The number of hydrogen-bond acceptors (Lipinski definition) is 4. The van der Waals surface area contributed by atoms with E-state index in [2.05, 4.69) is 15.3 Å². The van der Waals surface area contributed by atoms with Gasteiger partial charge in [0.1, 0.15) is 0 Å². The third kappa shape index (κ3) is 3.92. The zero-order chi connectivity index (χ0) is 18.7. The van der Waals surface area contributed by atoms with Crippen LogP contribution in [0.25, 0.3) is 5.69 Å². The number of aryl methyl sites for hydroxylation is 1. The number of carbonyl (C=O) groups excluding carboxylic acids is 1. The molecule has 5 nitrogen and oxygen atoms in total. The van der Waals surface area contributed by atoms with Crippen LogP contribution < -0.4 is 5.32 Å². The summed E-state index contributed by atoms with van der Waals surface area (Å²) in [5, 5.41) is 7.76. The number of aromatic nitrogens is 2. The van der Waals surface area contributed by atoms with Crippen molar-refractivity contribution < 1.29 is 4.79 Å². The number of nitrogens with one attached hydrogen (secondary N) is 1. The quantitative estimate of drug-likeness (QED) is 0.860. The molecular weight excluding hydrogens is 356 g/mol. The van der Waals surface area contributed by atoms with E-state index in [4.69, 9.17) is 0 Å². The van der Waals surface area contributed by atoms with Crippen molar-refractivity contribution >= 4 is 17.7 Å². The molecule has 1 N–H and O–H groups in total. The molecule has 1 saturated heterocycles. The lowest BCUT2D eigenvalue weighted by Crippen LogP contribution is -2.56. The molecule has 4 rings (SSSR count). The highest BCUT2D eigenvalue weighted by Crippen LogP contribution is 2.36. The Balaban J connectivity index is 1.46. The number of benzene rings is 1. The van der Waals surface area contributed by atoms with Gasteiger partial charge in [-0.15, -0.1) is 0 Å². The van der Waals surface area contributed by atoms with Gasteiger partial charge < -0.3 is 5.32 Å². The topological polar surface area (TPSA) is 50.2 Å². The lowest BCUT2D eigenvalue weighted by Gasteiger charge is -2.43. The van der Waals surface area contributed by atoms with Gasteiger partial charge in [0, 0.05) is 42.4 Å². The zero-order valence-electron chi connectivity index (χ0n) is 16.0. The molecule has 2 fully saturated rings. The minimum Gasteiger partial charge on any atom is -0.349 e. The molecule has 1 saturated carbocycles. The molecule has 0 atom stereocenters. The third-order valence-electron chi connectivity index (χ3n) is 5.92. The van der Waals surface area contributed by atoms with Crippen LogP contribution in [0.15, 0.2) is 36.4 Å². The summed E-state index contributed by atoms with van der Waals surface area (Å²) in [4.78, 5) is 15.4. The van der Waals surface area contributed by atoms with E-state index >= 15 is 0 Å². The van der Waals surface area contributed by atoms with E-state index < -0.39 is 0 Å². The largest absolute Gasteiger partial charge is 0.349 e. The van der Waals surface area contributed by atoms with Crippen molar-refractivity contribution in [1.82, 2.24) is 20.0 Å². The summed E-state index contributed by atoms with van der Waals surface area (Å²) in [6.07, 6.45) is 4.91. The Kier molecular flexibility index (Phi) is 5.55. The SMILES string of the molecule is Cc1cc(C(=O)NCC2(N3CCSCC3)CCCC2)nn1-c1ccccc1. The van der Waals surface area contributed by atoms with E-state index in [1.54, 1.807) is 0 Å². The van der Waals surface area contributed by atoms with Crippen LogP contribution in [0.5, 0.6) is 0 Å². The van der Waals surface area contributed by atoms with Crippen LogP contribution in [-0.2, 0) is 0 Å². The van der Waals surface area contributed by atoms with Crippen molar-refractivity contribution in [1.29, 1.82) is 0 Å². The van der Waals surface area contributed by atoms with Crippen molar-refractivity contribution in [2.45, 2.75) is 38.1 Å². The van der Waals surface area contributed by atoms with Gasteiger partial charge in [-0.3, -0.25) is 9.69 Å². The fourth-order valence-corrected chi connectivity index (χ4v) is 5.33. The van der Waals surface area contributed by atoms with Gasteiger partial charge in [0.2, 0.25) is 0 Å². The fraction of sp³-hybridized carbons (Fsp3) is 0.524. The molecule has 27 heavy (non-hydrogen) atoms. The number of nitrogens with zero attached hydrogens (tertiary/aromatic N) is 3. The first-order valence-electron chi connectivity index (χ1n) is 9.91. The van der Waals surface area contributed by atoms with E-state index in [0.29, 0.717) is 5.69 Å². The van der Waals surface area contributed by atoms with Crippen LogP contribution >= 0.6 is 11.8 Å². The smallest absolute Gasteiger partial charge is 0.271 e. The van der Waals surface area contributed by atoms with Gasteiger partial charge in [0.05, 0.1) is 5.69 Å². The highest BCUT2D eigenvalue weighted by molar-refractivity contribution is 7.99. The van der Waals surface area contributed by atoms with Gasteiger partial charge in [0.15, 0.2) is 5.69 Å². The van der Waals surface area contributed by atoms with Crippen molar-refractivity contribution in [3.63, 3.8) is 0 Å². The van der Waals surface area contributed by atoms with Crippen LogP contribution in [-0.4, -0.2) is 57.3 Å². The molecule has 1 aromatic heterocycles. The first-order valence-corrected chi connectivity index (χ1v) is 11.1. The van der Waals surface area contributed by atoms with Crippen LogP contribution in [0.4, 0.5) is 0 Å². The van der Waals surface area contributed by atoms with Crippen molar-refractivity contribution in [2.75, 3.05) is 31.1 Å². The summed E-state index contributed by atoms with van der Waals surface area (Å²) in [7, 11) is 0. The maximum atomic E-state index is 12.8. The molecule has 1 aliphatic carbocycles. The van der Waals surface area contributed by atoms with Gasteiger partial charge in [-0.2, -0.15) is 16.9 Å². The molecule has 1 aromatic carbocycles. The molecule has 2 heterocycles. The standard InChI is InChI=1S/C21H28N4OS/c1-17-15-19(23-25(17)18-7-3-2-4-8-18)20(26)22-16-21(9-5-6-10-21)24-11-13-27-14-12-24/h2-4,7-8,15H,5-6,9-14,16H2,1H3,(H,22,26). The van der Waals surface area contributed by atoms with Crippen molar-refractivity contribution in [2.24, 2.45) is 0 Å². The maximum absolute atomic E-state index is 12.8. The van der Waals surface area contributed by atoms with Crippen LogP contribution in [0.3, 0.4) is 0 Å². The van der Waals surface area contributed by atoms with Gasteiger partial charge in [-0.25, -0.2) is 4.68 Å². The average Bonchev–Trinajstić information content (AvgIpc) is 3.35. The lowest BCUT2D eigenvalue weighted by molar-refractivity contribution is 0.0813. The monoisotopic (exact) mass is 384 g/mol. The molecule has 1 aliphatic heterocycles. The highest BCUT2D eigenvalue weighted by atomic mass is 32.2. The molecule has 0 radical (unpaired) electrons. The molecule has 0 bridgehead atoms. The first kappa shape index (κ1) is 18.6. The van der Waals surface area contributed by atoms with E-state index in [-0.39, 0.29) is 11.4 Å². The number of carbonyl (C=O) groups is 1. The predicted octanol–water partition coefficient (Wildman–Crippen LogP) is 3.27. The second kappa shape index (κ2) is 8.07. The summed E-state index contributed by atoms with van der Waals surface area (Å²) in [5.74, 6) is 2.35. The lowest BCUT2D eigenvalue weighted by atomic mass is 9.94. The Hall–Kier alpha value is -1.79. The van der Waals surface area contributed by atoms with E-state index in [9.17, 15) is 4.79 Å². The highest BCUT2D eigenvalue weighted by Gasteiger charge is 2.40. The second-order valence-electron chi connectivity index (χ2n) is 7.63. The Morgan fingerprint density at radius 1 is 1.19 bits per heavy atom. The van der Waals surface area contributed by atoms with E-state index in [1.165, 1.54) is 37.2 Å². The minimum absolute atomic E-state index is 0.0644. The van der Waals surface area contributed by atoms with Crippen LogP contribution in [0.2, 0.25) is 0 Å². The number of para-hydroxylation sites is 1. The normalized spacial score (nSPS) is 19.9. The van der Waals surface area contributed by atoms with Gasteiger partial charge in [-0.05, 0) is 38.0 Å². The molecular formula is C21H28N4OS. The zero-order valence-corrected chi connectivity index (χ0v) is 16.8. The van der Waals surface area contributed by atoms with Gasteiger partial charge >= 0.3 is 0 Å². The maximum Gasteiger partial charge on any atom is 0.271 e.